The Labute approximate surface area is 515 Å². The minimum absolute atomic E-state index is 0.0980. The molecular formula is C76H98N6O4. The highest BCUT2D eigenvalue weighted by Gasteiger charge is 2.20. The molecule has 6 aromatic carbocycles. The number of aromatic hydroxyl groups is 2. The van der Waals surface area contributed by atoms with Gasteiger partial charge in [0.1, 0.15) is 23.0 Å². The minimum atomic E-state index is 0.0980. The Morgan fingerprint density at radius 2 is 0.488 bits per heavy atom. The number of ether oxygens (including phenoxy) is 2. The fraction of sp³-hybridized carbons (Fsp3) is 0.447. The second-order valence-corrected chi connectivity index (χ2v) is 24.0. The van der Waals surface area contributed by atoms with Crippen molar-refractivity contribution in [2.75, 3.05) is 13.2 Å². The molecule has 0 aliphatic heterocycles. The molecule has 0 aliphatic rings. The third-order valence-corrected chi connectivity index (χ3v) is 16.2. The Hall–Kier alpha value is -7.46. The first-order valence-corrected chi connectivity index (χ1v) is 32.5. The Balaban J connectivity index is 0.000000246. The normalized spacial score (nSPS) is 11.2. The largest absolute Gasteiger partial charge is 0.507 e. The van der Waals surface area contributed by atoms with Crippen molar-refractivity contribution in [3.05, 3.63) is 154 Å². The fourth-order valence-electron chi connectivity index (χ4n) is 11.2. The Kier molecular flexibility index (Phi) is 26.6. The standard InChI is InChI=1S/2C38H49N3O2/c2*1-6-7-8-9-10-11-12-13-14-15-16-23-43-31-19-22-34(35(42)26-31)38-40-36(32-20-17-27(2)24-29(32)4)39-37(41-38)33-21-18-28(3)25-30(33)5/h2*17-22,24-26,42H,6-16,23H2,1-5H3. The van der Waals surface area contributed by atoms with Gasteiger partial charge in [-0.05, 0) is 115 Å². The van der Waals surface area contributed by atoms with Crippen LogP contribution in [0.15, 0.2) is 109 Å². The third-order valence-electron chi connectivity index (χ3n) is 16.2. The zero-order valence-electron chi connectivity index (χ0n) is 53.8. The molecule has 0 amide bonds. The van der Waals surface area contributed by atoms with Crippen LogP contribution in [-0.2, 0) is 0 Å². The lowest BCUT2D eigenvalue weighted by atomic mass is 10.0. The number of aromatic nitrogens is 6. The summed E-state index contributed by atoms with van der Waals surface area (Å²) in [7, 11) is 0. The van der Waals surface area contributed by atoms with E-state index in [9.17, 15) is 10.2 Å². The predicted octanol–water partition coefficient (Wildman–Crippen LogP) is 21.0. The number of hydrogen-bond acceptors (Lipinski definition) is 10. The zero-order chi connectivity index (χ0) is 61.2. The Bertz CT molecular complexity index is 3050. The van der Waals surface area contributed by atoms with E-state index in [1.165, 1.54) is 151 Å². The lowest BCUT2D eigenvalue weighted by Crippen LogP contribution is -2.02. The van der Waals surface area contributed by atoms with Crippen molar-refractivity contribution in [1.29, 1.82) is 0 Å². The van der Waals surface area contributed by atoms with Gasteiger partial charge < -0.3 is 19.7 Å². The first kappa shape index (κ1) is 66.1. The molecule has 0 spiro atoms. The maximum absolute atomic E-state index is 11.1. The average Bonchev–Trinajstić information content (AvgIpc) is 1.21. The second-order valence-electron chi connectivity index (χ2n) is 24.0. The molecular weight excluding hydrogens is 1060 g/mol. The first-order valence-electron chi connectivity index (χ1n) is 32.5. The number of benzene rings is 6. The van der Waals surface area contributed by atoms with Gasteiger partial charge in [-0.2, -0.15) is 0 Å². The highest BCUT2D eigenvalue weighted by atomic mass is 16.5. The van der Waals surface area contributed by atoms with Crippen molar-refractivity contribution in [2.45, 2.75) is 210 Å². The monoisotopic (exact) mass is 1160 g/mol. The molecule has 2 N–H and O–H groups in total. The first-order chi connectivity index (χ1) is 41.7. The molecule has 10 heteroatoms. The van der Waals surface area contributed by atoms with Crippen LogP contribution in [0.5, 0.6) is 23.0 Å². The van der Waals surface area contributed by atoms with Crippen LogP contribution in [0.1, 0.15) is 200 Å². The lowest BCUT2D eigenvalue weighted by Gasteiger charge is -2.13. The summed E-state index contributed by atoms with van der Waals surface area (Å²) < 4.78 is 12.0. The summed E-state index contributed by atoms with van der Waals surface area (Å²) in [4.78, 5) is 29.2. The molecule has 0 aliphatic carbocycles. The van der Waals surface area contributed by atoms with E-state index >= 15 is 0 Å². The number of aryl methyl sites for hydroxylation is 8. The fourth-order valence-corrected chi connectivity index (χ4v) is 11.2. The number of unbranched alkanes of at least 4 members (excludes halogenated alkanes) is 20. The summed E-state index contributed by atoms with van der Waals surface area (Å²) in [5.74, 6) is 4.76. The van der Waals surface area contributed by atoms with E-state index < -0.39 is 0 Å². The molecule has 2 heterocycles. The summed E-state index contributed by atoms with van der Waals surface area (Å²) in [6, 6.07) is 35.9. The van der Waals surface area contributed by atoms with Gasteiger partial charge in [0.25, 0.3) is 0 Å². The molecule has 86 heavy (non-hydrogen) atoms. The molecule has 0 unspecified atom stereocenters. The van der Waals surface area contributed by atoms with Crippen LogP contribution in [-0.4, -0.2) is 53.3 Å². The molecule has 8 aromatic rings. The van der Waals surface area contributed by atoms with Gasteiger partial charge >= 0.3 is 0 Å². The van der Waals surface area contributed by atoms with Crippen molar-refractivity contribution in [3.63, 3.8) is 0 Å². The van der Waals surface area contributed by atoms with Crippen molar-refractivity contribution >= 4 is 0 Å². The maximum atomic E-state index is 11.1. The maximum Gasteiger partial charge on any atom is 0.167 e. The van der Waals surface area contributed by atoms with Crippen LogP contribution in [0.2, 0.25) is 0 Å². The Morgan fingerprint density at radius 1 is 0.267 bits per heavy atom. The van der Waals surface area contributed by atoms with Crippen molar-refractivity contribution in [1.82, 2.24) is 29.9 Å². The van der Waals surface area contributed by atoms with Crippen LogP contribution in [0.3, 0.4) is 0 Å². The number of rotatable bonds is 32. The summed E-state index contributed by atoms with van der Waals surface area (Å²) in [6.45, 7) is 22.4. The van der Waals surface area contributed by atoms with Crippen molar-refractivity contribution in [3.8, 4) is 91.3 Å². The van der Waals surface area contributed by atoms with E-state index in [4.69, 9.17) is 39.4 Å². The number of nitrogens with zero attached hydrogens (tertiary/aromatic N) is 6. The van der Waals surface area contributed by atoms with Crippen LogP contribution in [0.4, 0.5) is 0 Å². The smallest absolute Gasteiger partial charge is 0.167 e. The van der Waals surface area contributed by atoms with E-state index in [2.05, 4.69) is 142 Å². The summed E-state index contributed by atoms with van der Waals surface area (Å²) >= 11 is 0. The molecule has 0 saturated heterocycles. The number of phenolic OH excluding ortho intramolecular Hbond substituents is 2. The number of hydrogen-bond donors (Lipinski definition) is 2. The molecule has 2 aromatic heterocycles. The van der Waals surface area contributed by atoms with Gasteiger partial charge in [-0.25, -0.2) is 29.9 Å². The van der Waals surface area contributed by atoms with Gasteiger partial charge in [0.05, 0.1) is 24.3 Å². The molecule has 0 atom stereocenters. The van der Waals surface area contributed by atoms with Gasteiger partial charge in [-0.1, -0.05) is 237 Å². The minimum Gasteiger partial charge on any atom is -0.507 e. The Morgan fingerprint density at radius 3 is 0.721 bits per heavy atom. The van der Waals surface area contributed by atoms with Gasteiger partial charge in [0.2, 0.25) is 0 Å². The van der Waals surface area contributed by atoms with Crippen LogP contribution in [0, 0.1) is 55.4 Å². The molecule has 8 rings (SSSR count). The molecule has 0 bridgehead atoms. The molecule has 10 nitrogen and oxygen atoms in total. The van der Waals surface area contributed by atoms with Crippen LogP contribution >= 0.6 is 0 Å². The van der Waals surface area contributed by atoms with E-state index in [1.54, 1.807) is 12.1 Å². The van der Waals surface area contributed by atoms with Crippen molar-refractivity contribution in [2.24, 2.45) is 0 Å². The quantitative estimate of drug-likeness (QED) is 0.0392. The van der Waals surface area contributed by atoms with E-state index in [1.807, 2.05) is 24.3 Å². The highest BCUT2D eigenvalue weighted by molar-refractivity contribution is 5.74. The topological polar surface area (TPSA) is 136 Å². The highest BCUT2D eigenvalue weighted by Crippen LogP contribution is 2.36. The zero-order valence-corrected chi connectivity index (χ0v) is 53.8. The van der Waals surface area contributed by atoms with E-state index in [-0.39, 0.29) is 11.5 Å². The van der Waals surface area contributed by atoms with Crippen molar-refractivity contribution < 1.29 is 19.7 Å². The molecule has 456 valence electrons. The summed E-state index contributed by atoms with van der Waals surface area (Å²) in [5.41, 5.74) is 14.0. The van der Waals surface area contributed by atoms with Gasteiger partial charge in [0.15, 0.2) is 34.9 Å². The molecule has 0 fully saturated rings. The molecule has 0 radical (unpaired) electrons. The van der Waals surface area contributed by atoms with E-state index in [0.29, 0.717) is 70.8 Å². The number of phenols is 2. The summed E-state index contributed by atoms with van der Waals surface area (Å²) in [6.07, 6.45) is 28.6. The predicted molar refractivity (Wildman–Crippen MR) is 357 cm³/mol. The van der Waals surface area contributed by atoms with Crippen LogP contribution < -0.4 is 9.47 Å². The van der Waals surface area contributed by atoms with Gasteiger partial charge in [-0.3, -0.25) is 0 Å². The SMILES string of the molecule is CCCCCCCCCCCCCOc1ccc(-c2nc(-c3ccc(C)cc3C)nc(-c3ccc(C)cc3C)n2)c(O)c1.CCCCCCCCCCCCCOc1ccc(-c2nc(-c3ccc(C)cc3C)nc(-c3ccc(C)cc3C)n2)c(O)c1. The van der Waals surface area contributed by atoms with E-state index in [0.717, 1.165) is 57.3 Å². The summed E-state index contributed by atoms with van der Waals surface area (Å²) in [5, 5.41) is 22.1. The lowest BCUT2D eigenvalue weighted by molar-refractivity contribution is 0.302. The second kappa shape index (κ2) is 34.6. The van der Waals surface area contributed by atoms with Gasteiger partial charge in [-0.15, -0.1) is 0 Å². The molecule has 0 saturated carbocycles. The van der Waals surface area contributed by atoms with Crippen LogP contribution in [0.25, 0.3) is 68.3 Å². The van der Waals surface area contributed by atoms with Gasteiger partial charge in [0, 0.05) is 34.4 Å². The average molecular weight is 1160 g/mol. The third kappa shape index (κ3) is 20.3.